The van der Waals surface area contributed by atoms with E-state index in [1.54, 1.807) is 7.11 Å². The summed E-state index contributed by atoms with van der Waals surface area (Å²) in [6.45, 7) is 5.22. The van der Waals surface area contributed by atoms with Crippen molar-refractivity contribution in [2.24, 2.45) is 0 Å². The average Bonchev–Trinajstić information content (AvgIpc) is 2.96. The lowest BCUT2D eigenvalue weighted by molar-refractivity contribution is 0.0735. The molecule has 0 saturated carbocycles. The van der Waals surface area contributed by atoms with Gasteiger partial charge in [-0.1, -0.05) is 23.7 Å². The van der Waals surface area contributed by atoms with Crippen LogP contribution in [0.3, 0.4) is 0 Å². The molecular weight excluding hydrogens is 348 g/mol. The zero-order chi connectivity index (χ0) is 18.4. The van der Waals surface area contributed by atoms with Crippen LogP contribution < -0.4 is 4.74 Å². The Kier molecular flexibility index (Phi) is 4.16. The minimum atomic E-state index is 0.0453. The molecule has 1 amide bonds. The van der Waals surface area contributed by atoms with E-state index in [-0.39, 0.29) is 5.91 Å². The molecule has 0 radical (unpaired) electrons. The Hall–Kier alpha value is -2.46. The second-order valence-corrected chi connectivity index (χ2v) is 7.28. The van der Waals surface area contributed by atoms with Gasteiger partial charge in [0.15, 0.2) is 0 Å². The van der Waals surface area contributed by atoms with E-state index in [0.717, 1.165) is 45.5 Å². The molecule has 0 aliphatic carbocycles. The van der Waals surface area contributed by atoms with E-state index in [9.17, 15) is 4.79 Å². The Balaban J connectivity index is 1.73. The Morgan fingerprint density at radius 2 is 2.08 bits per heavy atom. The number of aryl methyl sites for hydroxylation is 2. The third-order valence-electron chi connectivity index (χ3n) is 5.20. The van der Waals surface area contributed by atoms with E-state index >= 15 is 0 Å². The van der Waals surface area contributed by atoms with Gasteiger partial charge in [0.2, 0.25) is 0 Å². The fourth-order valence-electron chi connectivity index (χ4n) is 3.93. The Bertz CT molecular complexity index is 1020. The topological polar surface area (TPSA) is 45.3 Å². The highest BCUT2D eigenvalue weighted by molar-refractivity contribution is 6.31. The van der Waals surface area contributed by atoms with Gasteiger partial charge < -0.3 is 14.6 Å². The summed E-state index contributed by atoms with van der Waals surface area (Å²) in [6, 6.07) is 9.82. The van der Waals surface area contributed by atoms with Crippen LogP contribution in [0.15, 0.2) is 30.3 Å². The smallest absolute Gasteiger partial charge is 0.256 e. The number of nitrogens with one attached hydrogen (secondary N) is 1. The van der Waals surface area contributed by atoms with Crippen LogP contribution >= 0.6 is 11.6 Å². The van der Waals surface area contributed by atoms with Crippen molar-refractivity contribution in [2.75, 3.05) is 13.7 Å². The second-order valence-electron chi connectivity index (χ2n) is 6.84. The predicted molar refractivity (Wildman–Crippen MR) is 104 cm³/mol. The van der Waals surface area contributed by atoms with Gasteiger partial charge in [-0.3, -0.25) is 4.79 Å². The molecule has 0 fully saturated rings. The molecule has 0 saturated heterocycles. The number of rotatable bonds is 2. The summed E-state index contributed by atoms with van der Waals surface area (Å²) in [7, 11) is 1.69. The van der Waals surface area contributed by atoms with Gasteiger partial charge >= 0.3 is 0 Å². The molecule has 0 unspecified atom stereocenters. The van der Waals surface area contributed by atoms with Crippen molar-refractivity contribution in [1.82, 2.24) is 9.88 Å². The molecule has 2 aromatic carbocycles. The van der Waals surface area contributed by atoms with Crippen molar-refractivity contribution in [1.29, 1.82) is 0 Å². The maximum atomic E-state index is 13.3. The molecule has 2 heterocycles. The molecule has 3 aromatic rings. The van der Waals surface area contributed by atoms with E-state index in [2.05, 4.69) is 11.1 Å². The van der Waals surface area contributed by atoms with E-state index < -0.39 is 0 Å². The van der Waals surface area contributed by atoms with Crippen LogP contribution in [0.2, 0.25) is 5.02 Å². The lowest BCUT2D eigenvalue weighted by Crippen LogP contribution is -2.36. The minimum Gasteiger partial charge on any atom is -0.496 e. The normalized spacial score (nSPS) is 13.8. The molecule has 0 spiro atoms. The standard InChI is InChI=1S/C21H21ClN2O2/c1-12-9-15(22)10-17-19(13(2)23-20(12)17)21(25)24-8-7-16-14(11-24)5-4-6-18(16)26-3/h4-6,9-10,23H,7-8,11H2,1-3H3. The molecule has 4 nitrogen and oxygen atoms in total. The fraction of sp³-hybridized carbons (Fsp3) is 0.286. The van der Waals surface area contributed by atoms with Crippen LogP contribution in [0.1, 0.15) is 32.7 Å². The van der Waals surface area contributed by atoms with Gasteiger partial charge in [0.05, 0.1) is 12.7 Å². The summed E-state index contributed by atoms with van der Waals surface area (Å²) in [4.78, 5) is 18.6. The van der Waals surface area contributed by atoms with Crippen molar-refractivity contribution >= 4 is 28.4 Å². The number of carbonyl (C=O) groups excluding carboxylic acids is 1. The maximum absolute atomic E-state index is 13.3. The maximum Gasteiger partial charge on any atom is 0.256 e. The Morgan fingerprint density at radius 1 is 1.27 bits per heavy atom. The molecule has 1 aliphatic rings. The number of amides is 1. The molecule has 1 N–H and O–H groups in total. The summed E-state index contributed by atoms with van der Waals surface area (Å²) < 4.78 is 5.46. The number of H-pyrrole nitrogens is 1. The molecular formula is C21H21ClN2O2. The van der Waals surface area contributed by atoms with Crippen molar-refractivity contribution in [3.05, 3.63) is 63.3 Å². The fourth-order valence-corrected chi connectivity index (χ4v) is 4.20. The van der Waals surface area contributed by atoms with Gasteiger partial charge in [0.1, 0.15) is 5.75 Å². The Labute approximate surface area is 157 Å². The summed E-state index contributed by atoms with van der Waals surface area (Å²) >= 11 is 6.24. The molecule has 0 bridgehead atoms. The van der Waals surface area contributed by atoms with Gasteiger partial charge in [-0.25, -0.2) is 0 Å². The number of nitrogens with zero attached hydrogens (tertiary/aromatic N) is 1. The highest BCUT2D eigenvalue weighted by atomic mass is 35.5. The first-order chi connectivity index (χ1) is 12.5. The first kappa shape index (κ1) is 17.0. The van der Waals surface area contributed by atoms with E-state index in [0.29, 0.717) is 18.1 Å². The lowest BCUT2D eigenvalue weighted by Gasteiger charge is -2.30. The highest BCUT2D eigenvalue weighted by Gasteiger charge is 2.27. The van der Waals surface area contributed by atoms with Crippen molar-refractivity contribution in [3.63, 3.8) is 0 Å². The number of fused-ring (bicyclic) bond motifs is 2. The number of hydrogen-bond acceptors (Lipinski definition) is 2. The molecule has 26 heavy (non-hydrogen) atoms. The summed E-state index contributed by atoms with van der Waals surface area (Å²) in [5.74, 6) is 0.948. The number of aromatic nitrogens is 1. The van der Waals surface area contributed by atoms with E-state index in [4.69, 9.17) is 16.3 Å². The largest absolute Gasteiger partial charge is 0.496 e. The summed E-state index contributed by atoms with van der Waals surface area (Å²) in [6.07, 6.45) is 0.798. The van der Waals surface area contributed by atoms with Crippen molar-refractivity contribution in [3.8, 4) is 5.75 Å². The van der Waals surface area contributed by atoms with Crippen LogP contribution in [0.5, 0.6) is 5.75 Å². The number of methoxy groups -OCH3 is 1. The van der Waals surface area contributed by atoms with Gasteiger partial charge in [-0.2, -0.15) is 0 Å². The van der Waals surface area contributed by atoms with Crippen LogP contribution in [-0.2, 0) is 13.0 Å². The molecule has 5 heteroatoms. The van der Waals surface area contributed by atoms with Crippen LogP contribution in [-0.4, -0.2) is 29.4 Å². The number of halogens is 1. The van der Waals surface area contributed by atoms with Gasteiger partial charge in [0.25, 0.3) is 5.91 Å². The SMILES string of the molecule is COc1cccc2c1CCN(C(=O)c1c(C)[nH]c3c(C)cc(Cl)cc13)C2. The Morgan fingerprint density at radius 3 is 2.85 bits per heavy atom. The molecule has 1 aromatic heterocycles. The predicted octanol–water partition coefficient (Wildman–Crippen LogP) is 4.65. The molecule has 4 rings (SSSR count). The van der Waals surface area contributed by atoms with Crippen LogP contribution in [0.4, 0.5) is 0 Å². The quantitative estimate of drug-likeness (QED) is 0.715. The number of ether oxygens (including phenoxy) is 1. The zero-order valence-corrected chi connectivity index (χ0v) is 15.9. The van der Waals surface area contributed by atoms with E-state index in [1.165, 1.54) is 5.56 Å². The number of carbonyl (C=O) groups is 1. The number of benzene rings is 2. The molecule has 134 valence electrons. The highest BCUT2D eigenvalue weighted by Crippen LogP contribution is 2.32. The number of aromatic amines is 1. The van der Waals surface area contributed by atoms with Crippen molar-refractivity contribution < 1.29 is 9.53 Å². The number of hydrogen-bond donors (Lipinski definition) is 1. The van der Waals surface area contributed by atoms with Gasteiger partial charge in [0, 0.05) is 40.3 Å². The monoisotopic (exact) mass is 368 g/mol. The zero-order valence-electron chi connectivity index (χ0n) is 15.1. The first-order valence-electron chi connectivity index (χ1n) is 8.72. The van der Waals surface area contributed by atoms with Gasteiger partial charge in [-0.05, 0) is 49.6 Å². The lowest BCUT2D eigenvalue weighted by atomic mass is 9.97. The van der Waals surface area contributed by atoms with Crippen LogP contribution in [0, 0.1) is 13.8 Å². The van der Waals surface area contributed by atoms with E-state index in [1.807, 2.05) is 43.0 Å². The molecule has 1 aliphatic heterocycles. The third-order valence-corrected chi connectivity index (χ3v) is 5.42. The van der Waals surface area contributed by atoms with Gasteiger partial charge in [-0.15, -0.1) is 0 Å². The first-order valence-corrected chi connectivity index (χ1v) is 9.10. The third kappa shape index (κ3) is 2.65. The summed E-state index contributed by atoms with van der Waals surface area (Å²) in [5, 5.41) is 1.55. The second kappa shape index (κ2) is 6.36. The minimum absolute atomic E-state index is 0.0453. The van der Waals surface area contributed by atoms with Crippen molar-refractivity contribution in [2.45, 2.75) is 26.8 Å². The molecule has 0 atom stereocenters. The average molecular weight is 369 g/mol. The summed E-state index contributed by atoms with van der Waals surface area (Å²) in [5.41, 5.74) is 5.98. The van der Waals surface area contributed by atoms with Crippen LogP contribution in [0.25, 0.3) is 10.9 Å².